The molecule has 0 aliphatic rings. The molecular formula is C17H18Cl2N2O3S. The van der Waals surface area contributed by atoms with Crippen LogP contribution in [0.3, 0.4) is 0 Å². The molecule has 2 aromatic rings. The predicted molar refractivity (Wildman–Crippen MR) is 102 cm³/mol. The highest BCUT2D eigenvalue weighted by molar-refractivity contribution is 7.92. The summed E-state index contributed by atoms with van der Waals surface area (Å²) in [4.78, 5) is 11.9. The third kappa shape index (κ3) is 4.87. The first-order chi connectivity index (χ1) is 11.5. The summed E-state index contributed by atoms with van der Waals surface area (Å²) in [6.07, 6.45) is 0. The summed E-state index contributed by atoms with van der Waals surface area (Å²) in [5, 5.41) is 2.85. The van der Waals surface area contributed by atoms with Crippen molar-refractivity contribution in [2.24, 2.45) is 5.41 Å². The first kappa shape index (κ1) is 19.6. The minimum atomic E-state index is -3.92. The van der Waals surface area contributed by atoms with Crippen molar-refractivity contribution in [3.63, 3.8) is 0 Å². The highest BCUT2D eigenvalue weighted by atomic mass is 35.5. The minimum absolute atomic E-state index is 0.0474. The molecule has 0 aromatic heterocycles. The number of sulfonamides is 1. The number of carbonyl (C=O) groups is 1. The number of carbonyl (C=O) groups excluding carboxylic acids is 1. The van der Waals surface area contributed by atoms with Gasteiger partial charge in [-0.3, -0.25) is 9.52 Å². The Bertz CT molecular complexity index is 906. The van der Waals surface area contributed by atoms with Crippen molar-refractivity contribution in [1.29, 1.82) is 0 Å². The Balaban J connectivity index is 2.27. The molecule has 0 unspecified atom stereocenters. The Morgan fingerprint density at radius 3 is 2.24 bits per heavy atom. The molecule has 2 N–H and O–H groups in total. The molecule has 0 spiro atoms. The van der Waals surface area contributed by atoms with Crippen LogP contribution in [0.15, 0.2) is 47.4 Å². The van der Waals surface area contributed by atoms with Gasteiger partial charge in [-0.25, -0.2) is 8.42 Å². The number of nitrogens with one attached hydrogen (secondary N) is 2. The number of rotatable bonds is 4. The standard InChI is InChI=1S/C17H18Cl2N2O3S/c1-17(2,3)16(22)20-11-6-4-7-12(10-11)21-25(23,24)14-9-5-8-13(18)15(14)19/h4-10,21H,1-3H3,(H,20,22). The number of anilines is 2. The smallest absolute Gasteiger partial charge is 0.263 e. The van der Waals surface area contributed by atoms with Gasteiger partial charge in [-0.15, -0.1) is 0 Å². The van der Waals surface area contributed by atoms with Crippen LogP contribution in [0.25, 0.3) is 0 Å². The SMILES string of the molecule is CC(C)(C)C(=O)Nc1cccc(NS(=O)(=O)c2cccc(Cl)c2Cl)c1. The van der Waals surface area contributed by atoms with Crippen molar-refractivity contribution in [1.82, 2.24) is 0 Å². The van der Waals surface area contributed by atoms with Crippen LogP contribution < -0.4 is 10.0 Å². The van der Waals surface area contributed by atoms with Crippen molar-refractivity contribution in [2.75, 3.05) is 10.0 Å². The Hall–Kier alpha value is -1.76. The molecule has 0 heterocycles. The van der Waals surface area contributed by atoms with Gasteiger partial charge in [-0.1, -0.05) is 56.1 Å². The summed E-state index contributed by atoms with van der Waals surface area (Å²) in [7, 11) is -3.92. The van der Waals surface area contributed by atoms with Gasteiger partial charge in [0.15, 0.2) is 0 Å². The van der Waals surface area contributed by atoms with E-state index in [1.54, 1.807) is 39.0 Å². The first-order valence-corrected chi connectivity index (χ1v) is 9.63. The molecule has 8 heteroatoms. The summed E-state index contributed by atoms with van der Waals surface area (Å²) in [5.41, 5.74) is 0.212. The van der Waals surface area contributed by atoms with E-state index >= 15 is 0 Å². The molecule has 0 saturated carbocycles. The molecule has 0 aliphatic carbocycles. The maximum atomic E-state index is 12.5. The van der Waals surface area contributed by atoms with Crippen LogP contribution in [0, 0.1) is 5.41 Å². The fourth-order valence-electron chi connectivity index (χ4n) is 1.88. The van der Waals surface area contributed by atoms with Gasteiger partial charge in [0.25, 0.3) is 10.0 Å². The van der Waals surface area contributed by atoms with Crippen molar-refractivity contribution in [3.8, 4) is 0 Å². The number of halogens is 2. The third-order valence-electron chi connectivity index (χ3n) is 3.26. The third-order valence-corrected chi connectivity index (χ3v) is 5.61. The molecule has 25 heavy (non-hydrogen) atoms. The molecular weight excluding hydrogens is 383 g/mol. The van der Waals surface area contributed by atoms with E-state index < -0.39 is 15.4 Å². The van der Waals surface area contributed by atoms with E-state index in [4.69, 9.17) is 23.2 Å². The Morgan fingerprint density at radius 1 is 1.00 bits per heavy atom. The lowest BCUT2D eigenvalue weighted by atomic mass is 9.95. The lowest BCUT2D eigenvalue weighted by Gasteiger charge is -2.18. The van der Waals surface area contributed by atoms with E-state index in [-0.39, 0.29) is 20.8 Å². The molecule has 0 aliphatic heterocycles. The fraction of sp³-hybridized carbons (Fsp3) is 0.235. The van der Waals surface area contributed by atoms with Gasteiger partial charge < -0.3 is 5.32 Å². The monoisotopic (exact) mass is 400 g/mol. The molecule has 0 radical (unpaired) electrons. The molecule has 2 rings (SSSR count). The fourth-order valence-corrected chi connectivity index (χ4v) is 3.69. The minimum Gasteiger partial charge on any atom is -0.326 e. The summed E-state index contributed by atoms with van der Waals surface area (Å²) in [5.74, 6) is -0.176. The molecule has 0 bridgehead atoms. The second-order valence-electron chi connectivity index (χ2n) is 6.44. The average molecular weight is 401 g/mol. The van der Waals surface area contributed by atoms with Crippen LogP contribution in [0.5, 0.6) is 0 Å². The first-order valence-electron chi connectivity index (χ1n) is 7.39. The van der Waals surface area contributed by atoms with Crippen molar-refractivity contribution < 1.29 is 13.2 Å². The number of amides is 1. The van der Waals surface area contributed by atoms with E-state index in [2.05, 4.69) is 10.0 Å². The molecule has 0 atom stereocenters. The molecule has 0 fully saturated rings. The van der Waals surface area contributed by atoms with Crippen LogP contribution in [0.2, 0.25) is 10.0 Å². The van der Waals surface area contributed by atoms with Gasteiger partial charge in [0.1, 0.15) is 4.90 Å². The van der Waals surface area contributed by atoms with Crippen molar-refractivity contribution >= 4 is 50.5 Å². The molecule has 5 nitrogen and oxygen atoms in total. The molecule has 2 aromatic carbocycles. The zero-order valence-electron chi connectivity index (χ0n) is 13.9. The number of hydrogen-bond acceptors (Lipinski definition) is 3. The van der Waals surface area contributed by atoms with Gasteiger partial charge in [0, 0.05) is 11.1 Å². The topological polar surface area (TPSA) is 75.3 Å². The average Bonchev–Trinajstić information content (AvgIpc) is 2.48. The summed E-state index contributed by atoms with van der Waals surface area (Å²) >= 11 is 11.9. The van der Waals surface area contributed by atoms with E-state index in [0.717, 1.165) is 0 Å². The summed E-state index contributed by atoms with van der Waals surface area (Å²) in [6.45, 7) is 5.36. The van der Waals surface area contributed by atoms with Gasteiger partial charge in [0.2, 0.25) is 5.91 Å². The summed E-state index contributed by atoms with van der Waals surface area (Å²) < 4.78 is 27.5. The maximum Gasteiger partial charge on any atom is 0.263 e. The van der Waals surface area contributed by atoms with Gasteiger partial charge in [-0.2, -0.15) is 0 Å². The number of hydrogen-bond donors (Lipinski definition) is 2. The Kier molecular flexibility index (Phi) is 5.66. The molecule has 0 saturated heterocycles. The zero-order valence-corrected chi connectivity index (χ0v) is 16.3. The quantitative estimate of drug-likeness (QED) is 0.774. The molecule has 134 valence electrons. The highest BCUT2D eigenvalue weighted by Gasteiger charge is 2.22. The molecule has 1 amide bonds. The van der Waals surface area contributed by atoms with Crippen molar-refractivity contribution in [3.05, 3.63) is 52.5 Å². The van der Waals surface area contributed by atoms with Crippen LogP contribution in [-0.4, -0.2) is 14.3 Å². The van der Waals surface area contributed by atoms with Crippen LogP contribution in [0.4, 0.5) is 11.4 Å². The van der Waals surface area contributed by atoms with Gasteiger partial charge in [-0.05, 0) is 30.3 Å². The lowest BCUT2D eigenvalue weighted by molar-refractivity contribution is -0.123. The van der Waals surface area contributed by atoms with E-state index in [9.17, 15) is 13.2 Å². The van der Waals surface area contributed by atoms with E-state index in [1.807, 2.05) is 0 Å². The second kappa shape index (κ2) is 7.23. The van der Waals surface area contributed by atoms with Gasteiger partial charge in [0.05, 0.1) is 15.7 Å². The predicted octanol–water partition coefficient (Wildman–Crippen LogP) is 4.78. The normalized spacial score (nSPS) is 11.9. The Labute approximate surface area is 157 Å². The van der Waals surface area contributed by atoms with Gasteiger partial charge >= 0.3 is 0 Å². The summed E-state index contributed by atoms with van der Waals surface area (Å²) in [6, 6.07) is 10.8. The largest absolute Gasteiger partial charge is 0.326 e. The van der Waals surface area contributed by atoms with Crippen LogP contribution in [0.1, 0.15) is 20.8 Å². The van der Waals surface area contributed by atoms with Crippen LogP contribution in [-0.2, 0) is 14.8 Å². The number of benzene rings is 2. The second-order valence-corrected chi connectivity index (χ2v) is 8.88. The zero-order chi connectivity index (χ0) is 18.8. The lowest BCUT2D eigenvalue weighted by Crippen LogP contribution is -2.27. The van der Waals surface area contributed by atoms with Crippen molar-refractivity contribution in [2.45, 2.75) is 25.7 Å². The van der Waals surface area contributed by atoms with Crippen LogP contribution >= 0.6 is 23.2 Å². The maximum absolute atomic E-state index is 12.5. The van der Waals surface area contributed by atoms with E-state index in [0.29, 0.717) is 11.4 Å². The Morgan fingerprint density at radius 2 is 1.60 bits per heavy atom. The highest BCUT2D eigenvalue weighted by Crippen LogP contribution is 2.30. The van der Waals surface area contributed by atoms with E-state index in [1.165, 1.54) is 24.3 Å².